The quantitative estimate of drug-likeness (QED) is 0.641. The van der Waals surface area contributed by atoms with Crippen LogP contribution in [-0.2, 0) is 0 Å². The van der Waals surface area contributed by atoms with Gasteiger partial charge in [-0.2, -0.15) is 0 Å². The molecule has 0 aliphatic heterocycles. The van der Waals surface area contributed by atoms with Crippen LogP contribution in [0.1, 0.15) is 5.69 Å². The van der Waals surface area contributed by atoms with Gasteiger partial charge in [-0.3, -0.25) is 0 Å². The summed E-state index contributed by atoms with van der Waals surface area (Å²) in [5.41, 5.74) is 2.26. The molecular formula is C13H9FN2O. The molecule has 0 atom stereocenters. The molecule has 0 N–H and O–H groups in total. The minimum atomic E-state index is -0.351. The summed E-state index contributed by atoms with van der Waals surface area (Å²) in [6, 6.07) is 10.0. The first-order valence-electron chi connectivity index (χ1n) is 5.23. The topological polar surface area (TPSA) is 38.9 Å². The van der Waals surface area contributed by atoms with E-state index in [0.29, 0.717) is 16.8 Å². The van der Waals surface area contributed by atoms with E-state index in [1.54, 1.807) is 18.2 Å². The van der Waals surface area contributed by atoms with Crippen molar-refractivity contribution in [2.75, 3.05) is 0 Å². The first-order valence-corrected chi connectivity index (χ1v) is 5.23. The minimum Gasteiger partial charge on any atom is -0.418 e. The highest BCUT2D eigenvalue weighted by Crippen LogP contribution is 2.25. The number of oxazole rings is 1. The van der Waals surface area contributed by atoms with Crippen molar-refractivity contribution in [3.63, 3.8) is 0 Å². The lowest BCUT2D eigenvalue weighted by molar-refractivity contribution is 0.586. The maximum absolute atomic E-state index is 13.6. The number of fused-ring (bicyclic) bond motifs is 1. The van der Waals surface area contributed by atoms with Crippen LogP contribution in [0.3, 0.4) is 0 Å². The zero-order chi connectivity index (χ0) is 11.8. The molecule has 0 unspecified atom stereocenters. The van der Waals surface area contributed by atoms with E-state index in [1.807, 2.05) is 19.1 Å². The molecule has 0 bridgehead atoms. The highest BCUT2D eigenvalue weighted by molar-refractivity contribution is 5.72. The van der Waals surface area contributed by atoms with E-state index < -0.39 is 0 Å². The predicted octanol–water partition coefficient (Wildman–Crippen LogP) is 3.34. The number of halogens is 1. The van der Waals surface area contributed by atoms with Gasteiger partial charge in [0.05, 0.1) is 5.56 Å². The summed E-state index contributed by atoms with van der Waals surface area (Å²) in [5, 5.41) is 0. The van der Waals surface area contributed by atoms with Crippen LogP contribution in [0.25, 0.3) is 22.7 Å². The highest BCUT2D eigenvalue weighted by atomic mass is 19.1. The number of nitrogens with zero attached hydrogens (tertiary/aromatic N) is 2. The molecule has 0 saturated heterocycles. The zero-order valence-corrected chi connectivity index (χ0v) is 9.14. The van der Waals surface area contributed by atoms with Crippen molar-refractivity contribution in [1.82, 2.24) is 9.97 Å². The third kappa shape index (κ3) is 1.67. The van der Waals surface area contributed by atoms with E-state index in [-0.39, 0.29) is 11.7 Å². The molecule has 17 heavy (non-hydrogen) atoms. The third-order valence-corrected chi connectivity index (χ3v) is 2.50. The lowest BCUT2D eigenvalue weighted by Gasteiger charge is -1.95. The van der Waals surface area contributed by atoms with Crippen LogP contribution >= 0.6 is 0 Å². The second kappa shape index (κ2) is 3.66. The summed E-state index contributed by atoms with van der Waals surface area (Å²) in [5.74, 6) is -0.0908. The maximum atomic E-state index is 13.6. The first-order chi connectivity index (χ1) is 8.24. The average Bonchev–Trinajstić information content (AvgIpc) is 2.72. The van der Waals surface area contributed by atoms with Crippen molar-refractivity contribution >= 4 is 11.2 Å². The number of aromatic nitrogens is 2. The van der Waals surface area contributed by atoms with Crippen LogP contribution in [0.5, 0.6) is 0 Å². The van der Waals surface area contributed by atoms with Gasteiger partial charge < -0.3 is 4.42 Å². The zero-order valence-electron chi connectivity index (χ0n) is 9.14. The number of pyridine rings is 1. The van der Waals surface area contributed by atoms with E-state index in [4.69, 9.17) is 4.42 Å². The Kier molecular flexibility index (Phi) is 2.14. The fraction of sp³-hybridized carbons (Fsp3) is 0.0769. The SMILES string of the molecule is Cc1ccc2nc(-c3ccccc3F)oc2n1. The largest absolute Gasteiger partial charge is 0.418 e. The van der Waals surface area contributed by atoms with Gasteiger partial charge in [0.1, 0.15) is 11.3 Å². The van der Waals surface area contributed by atoms with Crippen molar-refractivity contribution in [1.29, 1.82) is 0 Å². The van der Waals surface area contributed by atoms with Crippen molar-refractivity contribution in [3.8, 4) is 11.5 Å². The van der Waals surface area contributed by atoms with Crippen LogP contribution in [0.15, 0.2) is 40.8 Å². The second-order valence-corrected chi connectivity index (χ2v) is 3.78. The summed E-state index contributed by atoms with van der Waals surface area (Å²) >= 11 is 0. The molecule has 0 saturated carbocycles. The molecule has 4 heteroatoms. The molecular weight excluding hydrogens is 219 g/mol. The van der Waals surface area contributed by atoms with Crippen LogP contribution in [0.4, 0.5) is 4.39 Å². The van der Waals surface area contributed by atoms with Gasteiger partial charge in [-0.25, -0.2) is 14.4 Å². The molecule has 2 heterocycles. The van der Waals surface area contributed by atoms with Crippen molar-refractivity contribution in [2.24, 2.45) is 0 Å². The van der Waals surface area contributed by atoms with Crippen molar-refractivity contribution < 1.29 is 8.81 Å². The summed E-state index contributed by atoms with van der Waals surface area (Å²) in [4.78, 5) is 8.42. The molecule has 3 aromatic rings. The van der Waals surface area contributed by atoms with Crippen LogP contribution in [-0.4, -0.2) is 9.97 Å². The smallest absolute Gasteiger partial charge is 0.247 e. The molecule has 0 amide bonds. The molecule has 3 rings (SSSR count). The summed E-state index contributed by atoms with van der Waals surface area (Å²) in [7, 11) is 0. The van der Waals surface area contributed by atoms with E-state index in [9.17, 15) is 4.39 Å². The van der Waals surface area contributed by atoms with Crippen LogP contribution in [0.2, 0.25) is 0 Å². The van der Waals surface area contributed by atoms with Crippen molar-refractivity contribution in [3.05, 3.63) is 47.9 Å². The number of aryl methyl sites for hydroxylation is 1. The molecule has 84 valence electrons. The lowest BCUT2D eigenvalue weighted by Crippen LogP contribution is -1.82. The molecule has 1 aromatic carbocycles. The monoisotopic (exact) mass is 228 g/mol. The normalized spacial score (nSPS) is 10.9. The first kappa shape index (κ1) is 9.96. The Labute approximate surface area is 96.9 Å². The van der Waals surface area contributed by atoms with Gasteiger partial charge in [-0.1, -0.05) is 12.1 Å². The fourth-order valence-corrected chi connectivity index (χ4v) is 1.66. The number of rotatable bonds is 1. The number of hydrogen-bond donors (Lipinski definition) is 0. The predicted molar refractivity (Wildman–Crippen MR) is 61.9 cm³/mol. The molecule has 2 aromatic heterocycles. The Morgan fingerprint density at radius 3 is 2.71 bits per heavy atom. The standard InChI is InChI=1S/C13H9FN2O/c1-8-6-7-11-13(15-8)17-12(16-11)9-4-2-3-5-10(9)14/h2-7H,1H3. The second-order valence-electron chi connectivity index (χ2n) is 3.78. The third-order valence-electron chi connectivity index (χ3n) is 2.50. The van der Waals surface area contributed by atoms with Crippen LogP contribution in [0, 0.1) is 12.7 Å². The Morgan fingerprint density at radius 1 is 1.06 bits per heavy atom. The molecule has 0 radical (unpaired) electrons. The molecule has 0 spiro atoms. The van der Waals surface area contributed by atoms with E-state index in [1.165, 1.54) is 6.07 Å². The van der Waals surface area contributed by atoms with Gasteiger partial charge >= 0.3 is 0 Å². The Hall–Kier alpha value is -2.23. The molecule has 0 aliphatic carbocycles. The summed E-state index contributed by atoms with van der Waals surface area (Å²) in [6.07, 6.45) is 0. The molecule has 3 nitrogen and oxygen atoms in total. The fourth-order valence-electron chi connectivity index (χ4n) is 1.66. The molecule has 0 fully saturated rings. The van der Waals surface area contributed by atoms with E-state index in [0.717, 1.165) is 5.69 Å². The Morgan fingerprint density at radius 2 is 1.88 bits per heavy atom. The van der Waals surface area contributed by atoms with Crippen molar-refractivity contribution in [2.45, 2.75) is 6.92 Å². The summed E-state index contributed by atoms with van der Waals surface area (Å²) in [6.45, 7) is 1.87. The van der Waals surface area contributed by atoms with Gasteiger partial charge in [0.2, 0.25) is 11.6 Å². The van der Waals surface area contributed by atoms with E-state index in [2.05, 4.69) is 9.97 Å². The van der Waals surface area contributed by atoms with Gasteiger partial charge in [0.15, 0.2) is 0 Å². The lowest BCUT2D eigenvalue weighted by atomic mass is 10.2. The Balaban J connectivity index is 2.22. The Bertz CT molecular complexity index is 691. The molecule has 0 aliphatic rings. The van der Waals surface area contributed by atoms with Gasteiger partial charge in [0, 0.05) is 5.69 Å². The van der Waals surface area contributed by atoms with Gasteiger partial charge in [0.25, 0.3) is 0 Å². The number of hydrogen-bond acceptors (Lipinski definition) is 3. The van der Waals surface area contributed by atoms with Gasteiger partial charge in [-0.15, -0.1) is 0 Å². The van der Waals surface area contributed by atoms with Gasteiger partial charge in [-0.05, 0) is 31.2 Å². The van der Waals surface area contributed by atoms with Crippen LogP contribution < -0.4 is 0 Å². The average molecular weight is 228 g/mol. The highest BCUT2D eigenvalue weighted by Gasteiger charge is 2.12. The number of benzene rings is 1. The summed E-state index contributed by atoms with van der Waals surface area (Å²) < 4.78 is 19.0. The van der Waals surface area contributed by atoms with E-state index >= 15 is 0 Å². The maximum Gasteiger partial charge on any atom is 0.247 e. The minimum absolute atomic E-state index is 0.260.